The number of nitrogens with one attached hydrogen (secondary N) is 1. The first kappa shape index (κ1) is 9.97. The molecule has 0 amide bonds. The van der Waals surface area contributed by atoms with Gasteiger partial charge in [-0.15, -0.1) is 0 Å². The second-order valence-corrected chi connectivity index (χ2v) is 3.99. The number of rotatable bonds is 3. The van der Waals surface area contributed by atoms with Crippen LogP contribution in [0.1, 0.15) is 5.56 Å². The highest BCUT2D eigenvalue weighted by Gasteiger charge is 2.01. The molecule has 1 aromatic heterocycles. The maximum absolute atomic E-state index is 5.68. The van der Waals surface area contributed by atoms with E-state index >= 15 is 0 Å². The zero-order valence-electron chi connectivity index (χ0n) is 9.39. The van der Waals surface area contributed by atoms with Gasteiger partial charge in [-0.3, -0.25) is 0 Å². The van der Waals surface area contributed by atoms with Crippen molar-refractivity contribution in [2.75, 3.05) is 5.32 Å². The Morgan fingerprint density at radius 2 is 1.65 bits per heavy atom. The predicted octanol–water partition coefficient (Wildman–Crippen LogP) is 4.04. The van der Waals surface area contributed by atoms with E-state index in [0.29, 0.717) is 0 Å². The molecule has 84 valence electrons. The summed E-state index contributed by atoms with van der Waals surface area (Å²) in [5, 5.41) is 4.41. The minimum atomic E-state index is 0.778. The zero-order valence-corrected chi connectivity index (χ0v) is 9.39. The standard InChI is InChI=1S/C15H13NO/c1-2-6-12(7-3-1)11-16-15-10-13-8-4-5-9-14(13)17-15/h1-10,16H,11H2. The van der Waals surface area contributed by atoms with Crippen LogP contribution in [0.4, 0.5) is 5.88 Å². The smallest absolute Gasteiger partial charge is 0.194 e. The summed E-state index contributed by atoms with van der Waals surface area (Å²) in [6.45, 7) is 0.778. The second-order valence-electron chi connectivity index (χ2n) is 3.99. The van der Waals surface area contributed by atoms with Crippen molar-refractivity contribution in [1.82, 2.24) is 0 Å². The Hall–Kier alpha value is -2.22. The molecule has 0 radical (unpaired) electrons. The Bertz CT molecular complexity index is 580. The van der Waals surface area contributed by atoms with E-state index in [0.717, 1.165) is 23.4 Å². The molecule has 0 spiro atoms. The van der Waals surface area contributed by atoms with Crippen LogP contribution in [0, 0.1) is 0 Å². The van der Waals surface area contributed by atoms with Gasteiger partial charge in [-0.2, -0.15) is 0 Å². The van der Waals surface area contributed by atoms with Crippen LogP contribution in [-0.4, -0.2) is 0 Å². The number of benzene rings is 2. The zero-order chi connectivity index (χ0) is 11.5. The molecule has 1 heterocycles. The van der Waals surface area contributed by atoms with Gasteiger partial charge >= 0.3 is 0 Å². The quantitative estimate of drug-likeness (QED) is 0.724. The van der Waals surface area contributed by atoms with Gasteiger partial charge in [0.1, 0.15) is 5.58 Å². The molecule has 0 aliphatic heterocycles. The van der Waals surface area contributed by atoms with E-state index in [9.17, 15) is 0 Å². The van der Waals surface area contributed by atoms with Gasteiger partial charge in [-0.1, -0.05) is 48.5 Å². The van der Waals surface area contributed by atoms with Gasteiger partial charge < -0.3 is 9.73 Å². The first-order valence-corrected chi connectivity index (χ1v) is 5.68. The molecule has 2 heteroatoms. The monoisotopic (exact) mass is 223 g/mol. The molecule has 0 unspecified atom stereocenters. The topological polar surface area (TPSA) is 25.2 Å². The third-order valence-electron chi connectivity index (χ3n) is 2.74. The van der Waals surface area contributed by atoms with Crippen molar-refractivity contribution in [2.24, 2.45) is 0 Å². The lowest BCUT2D eigenvalue weighted by molar-refractivity contribution is 0.626. The molecule has 0 saturated heterocycles. The lowest BCUT2D eigenvalue weighted by atomic mass is 10.2. The van der Waals surface area contributed by atoms with E-state index in [1.54, 1.807) is 0 Å². The molecular weight excluding hydrogens is 210 g/mol. The minimum Gasteiger partial charge on any atom is -0.441 e. The molecule has 3 aromatic rings. The summed E-state index contributed by atoms with van der Waals surface area (Å²) in [5.41, 5.74) is 2.16. The summed E-state index contributed by atoms with van der Waals surface area (Å²) in [6, 6.07) is 20.3. The largest absolute Gasteiger partial charge is 0.441 e. The number of para-hydroxylation sites is 1. The molecule has 0 saturated carbocycles. The second kappa shape index (κ2) is 4.34. The highest BCUT2D eigenvalue weighted by atomic mass is 16.3. The summed E-state index contributed by atoms with van der Waals surface area (Å²) in [5.74, 6) is 0.815. The van der Waals surface area contributed by atoms with Crippen LogP contribution in [0.5, 0.6) is 0 Å². The van der Waals surface area contributed by atoms with E-state index in [1.807, 2.05) is 48.5 Å². The van der Waals surface area contributed by atoms with Gasteiger partial charge in [0.05, 0.1) is 0 Å². The van der Waals surface area contributed by atoms with Crippen LogP contribution in [-0.2, 0) is 6.54 Å². The minimum absolute atomic E-state index is 0.778. The average Bonchev–Trinajstić information content (AvgIpc) is 2.80. The third kappa shape index (κ3) is 2.16. The van der Waals surface area contributed by atoms with Crippen molar-refractivity contribution in [1.29, 1.82) is 0 Å². The first-order chi connectivity index (χ1) is 8.42. The highest BCUT2D eigenvalue weighted by molar-refractivity contribution is 5.80. The van der Waals surface area contributed by atoms with E-state index in [1.165, 1.54) is 5.56 Å². The SMILES string of the molecule is c1ccc(CNc2cc3ccccc3o2)cc1. The first-order valence-electron chi connectivity index (χ1n) is 5.68. The molecule has 17 heavy (non-hydrogen) atoms. The Kier molecular flexibility index (Phi) is 2.54. The van der Waals surface area contributed by atoms with Gasteiger partial charge in [0.15, 0.2) is 5.88 Å². The van der Waals surface area contributed by atoms with Crippen LogP contribution >= 0.6 is 0 Å². The summed E-state index contributed by atoms with van der Waals surface area (Å²) < 4.78 is 5.68. The van der Waals surface area contributed by atoms with Crippen molar-refractivity contribution in [3.8, 4) is 0 Å². The van der Waals surface area contributed by atoms with Crippen molar-refractivity contribution in [3.63, 3.8) is 0 Å². The van der Waals surface area contributed by atoms with Crippen LogP contribution in [0.2, 0.25) is 0 Å². The summed E-state index contributed by atoms with van der Waals surface area (Å²) in [6.07, 6.45) is 0. The van der Waals surface area contributed by atoms with Gasteiger partial charge in [0.25, 0.3) is 0 Å². The summed E-state index contributed by atoms with van der Waals surface area (Å²) in [7, 11) is 0. The molecule has 0 aliphatic rings. The Morgan fingerprint density at radius 3 is 2.47 bits per heavy atom. The molecule has 0 aliphatic carbocycles. The molecular formula is C15H13NO. The molecule has 1 N–H and O–H groups in total. The van der Waals surface area contributed by atoms with Crippen molar-refractivity contribution < 1.29 is 4.42 Å². The Morgan fingerprint density at radius 1 is 0.882 bits per heavy atom. The fraction of sp³-hybridized carbons (Fsp3) is 0.0667. The Labute approximate surface area is 99.9 Å². The van der Waals surface area contributed by atoms with Crippen LogP contribution in [0.25, 0.3) is 11.0 Å². The fourth-order valence-corrected chi connectivity index (χ4v) is 1.85. The predicted molar refractivity (Wildman–Crippen MR) is 70.0 cm³/mol. The maximum Gasteiger partial charge on any atom is 0.194 e. The van der Waals surface area contributed by atoms with Crippen LogP contribution in [0.15, 0.2) is 65.1 Å². The van der Waals surface area contributed by atoms with Crippen molar-refractivity contribution in [3.05, 3.63) is 66.2 Å². The van der Waals surface area contributed by atoms with Gasteiger partial charge in [-0.05, 0) is 11.6 Å². The fourth-order valence-electron chi connectivity index (χ4n) is 1.85. The summed E-state index contributed by atoms with van der Waals surface area (Å²) >= 11 is 0. The van der Waals surface area contributed by atoms with E-state index in [4.69, 9.17) is 4.42 Å². The van der Waals surface area contributed by atoms with Crippen LogP contribution in [0.3, 0.4) is 0 Å². The van der Waals surface area contributed by atoms with Gasteiger partial charge in [-0.25, -0.2) is 0 Å². The molecule has 0 atom stereocenters. The molecule has 3 rings (SSSR count). The van der Waals surface area contributed by atoms with E-state index in [2.05, 4.69) is 17.4 Å². The van der Waals surface area contributed by atoms with Gasteiger partial charge in [0, 0.05) is 18.0 Å². The number of hydrogen-bond donors (Lipinski definition) is 1. The van der Waals surface area contributed by atoms with Crippen molar-refractivity contribution in [2.45, 2.75) is 6.54 Å². The van der Waals surface area contributed by atoms with Gasteiger partial charge in [0.2, 0.25) is 0 Å². The normalized spacial score (nSPS) is 10.6. The number of hydrogen-bond acceptors (Lipinski definition) is 2. The maximum atomic E-state index is 5.68. The lowest BCUT2D eigenvalue weighted by Gasteiger charge is -2.01. The van der Waals surface area contributed by atoms with Crippen LogP contribution < -0.4 is 5.32 Å². The highest BCUT2D eigenvalue weighted by Crippen LogP contribution is 2.22. The molecule has 0 bridgehead atoms. The summed E-state index contributed by atoms with van der Waals surface area (Å²) in [4.78, 5) is 0. The average molecular weight is 223 g/mol. The van der Waals surface area contributed by atoms with Crippen molar-refractivity contribution >= 4 is 16.9 Å². The van der Waals surface area contributed by atoms with E-state index < -0.39 is 0 Å². The number of furan rings is 1. The number of anilines is 1. The lowest BCUT2D eigenvalue weighted by Crippen LogP contribution is -1.97. The number of fused-ring (bicyclic) bond motifs is 1. The van der Waals surface area contributed by atoms with E-state index in [-0.39, 0.29) is 0 Å². The molecule has 2 nitrogen and oxygen atoms in total. The molecule has 0 fully saturated rings. The third-order valence-corrected chi connectivity index (χ3v) is 2.74. The molecule has 2 aromatic carbocycles. The Balaban J connectivity index is 1.77.